The predicted molar refractivity (Wildman–Crippen MR) is 78.9 cm³/mol. The molecule has 6 heteroatoms. The van der Waals surface area contributed by atoms with Crippen molar-refractivity contribution in [2.75, 3.05) is 6.54 Å². The van der Waals surface area contributed by atoms with Crippen molar-refractivity contribution in [2.45, 2.75) is 39.2 Å². The molecule has 0 saturated heterocycles. The topological polar surface area (TPSA) is 88.0 Å². The van der Waals surface area contributed by atoms with E-state index in [0.717, 1.165) is 25.0 Å². The van der Waals surface area contributed by atoms with Crippen LogP contribution in [0.1, 0.15) is 42.2 Å². The summed E-state index contributed by atoms with van der Waals surface area (Å²) in [7, 11) is 0. The number of aryl methyl sites for hydroxylation is 1. The Morgan fingerprint density at radius 1 is 1.47 bits per heavy atom. The van der Waals surface area contributed by atoms with Crippen LogP contribution in [-0.4, -0.2) is 23.5 Å². The number of amides is 1. The molecule has 1 heterocycles. The van der Waals surface area contributed by atoms with Crippen molar-refractivity contribution < 1.29 is 4.79 Å². The number of aromatic amines is 1. The van der Waals surface area contributed by atoms with Crippen molar-refractivity contribution in [3.63, 3.8) is 0 Å². The summed E-state index contributed by atoms with van der Waals surface area (Å²) in [6.45, 7) is 4.24. The minimum Gasteiger partial charge on any atom is -0.348 e. The van der Waals surface area contributed by atoms with Gasteiger partial charge < -0.3 is 16.0 Å². The minimum absolute atomic E-state index is 0. The monoisotopic (exact) mass is 287 g/mol. The van der Waals surface area contributed by atoms with Crippen LogP contribution in [0.3, 0.4) is 0 Å². The van der Waals surface area contributed by atoms with E-state index in [2.05, 4.69) is 17.2 Å². The Labute approximate surface area is 119 Å². The molecule has 108 valence electrons. The normalized spacial score (nSPS) is 11.5. The Morgan fingerprint density at radius 2 is 2.16 bits per heavy atom. The summed E-state index contributed by atoms with van der Waals surface area (Å²) in [5.74, 6) is -0.359. The van der Waals surface area contributed by atoms with Gasteiger partial charge in [-0.2, -0.15) is 0 Å². The molecule has 0 radical (unpaired) electrons. The van der Waals surface area contributed by atoms with E-state index in [1.807, 2.05) is 0 Å². The first-order valence-electron chi connectivity index (χ1n) is 6.29. The average Bonchev–Trinajstić information content (AvgIpc) is 2.34. The third-order valence-electron chi connectivity index (χ3n) is 2.83. The first-order valence-corrected chi connectivity index (χ1v) is 6.29. The fraction of sp³-hybridized carbons (Fsp3) is 0.538. The fourth-order valence-corrected chi connectivity index (χ4v) is 1.71. The molecule has 0 spiro atoms. The fourth-order valence-electron chi connectivity index (χ4n) is 1.71. The molecular formula is C13H22ClN3O2. The minimum atomic E-state index is -0.362. The van der Waals surface area contributed by atoms with E-state index in [4.69, 9.17) is 5.73 Å². The smallest absolute Gasteiger partial charge is 0.260 e. The van der Waals surface area contributed by atoms with E-state index in [1.54, 1.807) is 13.0 Å². The van der Waals surface area contributed by atoms with Gasteiger partial charge >= 0.3 is 0 Å². The largest absolute Gasteiger partial charge is 0.348 e. The number of H-pyrrole nitrogens is 1. The lowest BCUT2D eigenvalue weighted by Crippen LogP contribution is -2.42. The molecule has 0 aliphatic carbocycles. The van der Waals surface area contributed by atoms with Crippen LogP contribution in [0.5, 0.6) is 0 Å². The average molecular weight is 288 g/mol. The number of carbonyl (C=O) groups excluding carboxylic acids is 1. The van der Waals surface area contributed by atoms with Crippen LogP contribution in [0.15, 0.2) is 16.9 Å². The zero-order chi connectivity index (χ0) is 13.5. The molecule has 19 heavy (non-hydrogen) atoms. The Morgan fingerprint density at radius 3 is 2.68 bits per heavy atom. The highest BCUT2D eigenvalue weighted by molar-refractivity contribution is 5.94. The molecule has 1 atom stereocenters. The van der Waals surface area contributed by atoms with E-state index in [0.29, 0.717) is 6.54 Å². The molecule has 1 amide bonds. The molecule has 1 aromatic heterocycles. The summed E-state index contributed by atoms with van der Waals surface area (Å²) < 4.78 is 0. The molecule has 1 rings (SSSR count). The molecule has 0 aromatic carbocycles. The number of carbonyl (C=O) groups is 1. The van der Waals surface area contributed by atoms with Gasteiger partial charge in [-0.25, -0.2) is 0 Å². The second-order valence-corrected chi connectivity index (χ2v) is 4.43. The first kappa shape index (κ1) is 17.7. The van der Waals surface area contributed by atoms with E-state index in [1.165, 1.54) is 6.07 Å². The summed E-state index contributed by atoms with van der Waals surface area (Å²) in [4.78, 5) is 26.1. The second kappa shape index (κ2) is 8.72. The van der Waals surface area contributed by atoms with E-state index < -0.39 is 0 Å². The van der Waals surface area contributed by atoms with Crippen molar-refractivity contribution in [2.24, 2.45) is 5.73 Å². The van der Waals surface area contributed by atoms with Gasteiger partial charge in [0.1, 0.15) is 5.56 Å². The van der Waals surface area contributed by atoms with E-state index in [9.17, 15) is 9.59 Å². The van der Waals surface area contributed by atoms with Crippen LogP contribution in [0.4, 0.5) is 0 Å². The van der Waals surface area contributed by atoms with Gasteiger partial charge in [0.05, 0.1) is 0 Å². The van der Waals surface area contributed by atoms with E-state index in [-0.39, 0.29) is 35.5 Å². The van der Waals surface area contributed by atoms with Gasteiger partial charge in [-0.3, -0.25) is 9.59 Å². The molecule has 4 N–H and O–H groups in total. The number of rotatable bonds is 6. The van der Waals surface area contributed by atoms with Crippen LogP contribution < -0.4 is 16.6 Å². The highest BCUT2D eigenvalue weighted by Gasteiger charge is 2.14. The van der Waals surface area contributed by atoms with Crippen molar-refractivity contribution in [1.29, 1.82) is 0 Å². The molecule has 5 nitrogen and oxygen atoms in total. The zero-order valence-electron chi connectivity index (χ0n) is 11.4. The highest BCUT2D eigenvalue weighted by Crippen LogP contribution is 2.01. The number of halogens is 1. The maximum Gasteiger partial charge on any atom is 0.260 e. The highest BCUT2D eigenvalue weighted by atomic mass is 35.5. The van der Waals surface area contributed by atoms with Crippen LogP contribution >= 0.6 is 12.4 Å². The van der Waals surface area contributed by atoms with Gasteiger partial charge in [0, 0.05) is 18.3 Å². The Kier molecular flexibility index (Phi) is 8.11. The number of hydrogen-bond donors (Lipinski definition) is 3. The van der Waals surface area contributed by atoms with Gasteiger partial charge in [0.15, 0.2) is 0 Å². The lowest BCUT2D eigenvalue weighted by molar-refractivity contribution is 0.0934. The molecule has 1 aromatic rings. The second-order valence-electron chi connectivity index (χ2n) is 4.43. The Hall–Kier alpha value is -1.33. The SMILES string of the molecule is CCCCC(CN)NC(=O)c1ccc(C)[nH]c1=O.Cl. The molecule has 0 saturated carbocycles. The third-order valence-corrected chi connectivity index (χ3v) is 2.83. The maximum absolute atomic E-state index is 11.9. The van der Waals surface area contributed by atoms with Crippen molar-refractivity contribution in [3.05, 3.63) is 33.7 Å². The van der Waals surface area contributed by atoms with Crippen molar-refractivity contribution in [1.82, 2.24) is 10.3 Å². The zero-order valence-corrected chi connectivity index (χ0v) is 12.2. The van der Waals surface area contributed by atoms with Crippen molar-refractivity contribution in [3.8, 4) is 0 Å². The van der Waals surface area contributed by atoms with Crippen LogP contribution in [0.25, 0.3) is 0 Å². The number of hydrogen-bond acceptors (Lipinski definition) is 3. The van der Waals surface area contributed by atoms with Gasteiger partial charge in [0.2, 0.25) is 0 Å². The van der Waals surface area contributed by atoms with Crippen LogP contribution in [0.2, 0.25) is 0 Å². The quantitative estimate of drug-likeness (QED) is 0.738. The standard InChI is InChI=1S/C13H21N3O2.ClH/c1-3-4-5-10(8-14)16-13(18)11-7-6-9(2)15-12(11)17;/h6-7,10H,3-5,8,14H2,1-2H3,(H,15,17)(H,16,18);1H. The molecule has 1 unspecified atom stereocenters. The van der Waals surface area contributed by atoms with E-state index >= 15 is 0 Å². The number of nitrogens with two attached hydrogens (primary N) is 1. The van der Waals surface area contributed by atoms with Crippen LogP contribution in [0, 0.1) is 6.92 Å². The molecular weight excluding hydrogens is 266 g/mol. The summed E-state index contributed by atoms with van der Waals surface area (Å²) in [6.07, 6.45) is 2.90. The molecule has 0 aliphatic heterocycles. The summed E-state index contributed by atoms with van der Waals surface area (Å²) in [6, 6.07) is 3.18. The number of aromatic nitrogens is 1. The summed E-state index contributed by atoms with van der Waals surface area (Å²) >= 11 is 0. The molecule has 0 aliphatic rings. The van der Waals surface area contributed by atoms with Gasteiger partial charge in [0.25, 0.3) is 11.5 Å². The number of pyridine rings is 1. The lowest BCUT2D eigenvalue weighted by Gasteiger charge is -2.16. The number of unbranched alkanes of at least 4 members (excludes halogenated alkanes) is 1. The van der Waals surface area contributed by atoms with Gasteiger partial charge in [-0.15, -0.1) is 12.4 Å². The summed E-state index contributed by atoms with van der Waals surface area (Å²) in [5.41, 5.74) is 6.11. The van der Waals surface area contributed by atoms with Gasteiger partial charge in [-0.05, 0) is 25.5 Å². The lowest BCUT2D eigenvalue weighted by atomic mass is 10.1. The first-order chi connectivity index (χ1) is 8.58. The number of nitrogens with one attached hydrogen (secondary N) is 2. The molecule has 0 fully saturated rings. The third kappa shape index (κ3) is 5.44. The van der Waals surface area contributed by atoms with Crippen molar-refractivity contribution >= 4 is 18.3 Å². The van der Waals surface area contributed by atoms with Gasteiger partial charge in [-0.1, -0.05) is 19.8 Å². The summed E-state index contributed by atoms with van der Waals surface area (Å²) in [5, 5.41) is 2.79. The predicted octanol–water partition coefficient (Wildman–Crippen LogP) is 1.35. The Bertz CT molecular complexity index is 459. The molecule has 0 bridgehead atoms. The van der Waals surface area contributed by atoms with Crippen LogP contribution in [-0.2, 0) is 0 Å². The Balaban J connectivity index is 0.00000324. The maximum atomic E-state index is 11.9.